The molecule has 0 aromatic heterocycles. The maximum Gasteiger partial charge on any atom is 0.0741 e. The predicted molar refractivity (Wildman–Crippen MR) is 87.2 cm³/mol. The highest BCUT2D eigenvalue weighted by molar-refractivity contribution is 5.24. The van der Waals surface area contributed by atoms with Gasteiger partial charge in [-0.25, -0.2) is 0 Å². The number of hydrogen-bond donors (Lipinski definition) is 1. The molecule has 0 aliphatic heterocycles. The molecule has 0 fully saturated rings. The van der Waals surface area contributed by atoms with Crippen molar-refractivity contribution in [3.63, 3.8) is 0 Å². The molecule has 2 nitrogen and oxygen atoms in total. The van der Waals surface area contributed by atoms with Gasteiger partial charge >= 0.3 is 0 Å². The molecule has 0 saturated carbocycles. The molecule has 20 heavy (non-hydrogen) atoms. The van der Waals surface area contributed by atoms with E-state index in [4.69, 9.17) is 4.74 Å². The average Bonchev–Trinajstić information content (AvgIpc) is 2.46. The van der Waals surface area contributed by atoms with Crippen molar-refractivity contribution in [1.82, 2.24) is 5.32 Å². The molecule has 1 aromatic carbocycles. The van der Waals surface area contributed by atoms with E-state index in [9.17, 15) is 0 Å². The fraction of sp³-hybridized carbons (Fsp3) is 0.667. The average molecular weight is 277 g/mol. The number of unbranched alkanes of at least 4 members (excludes halogenated alkanes) is 2. The molecular formula is C18H31NO. The van der Waals surface area contributed by atoms with Crippen LogP contribution >= 0.6 is 0 Å². The van der Waals surface area contributed by atoms with Crippen LogP contribution in [0, 0.1) is 6.92 Å². The molecule has 0 radical (unpaired) electrons. The Bertz CT molecular complexity index is 347. The zero-order chi connectivity index (χ0) is 14.8. The summed E-state index contributed by atoms with van der Waals surface area (Å²) in [7, 11) is 0. The first kappa shape index (κ1) is 17.2. The first-order chi connectivity index (χ1) is 9.69. The van der Waals surface area contributed by atoms with Gasteiger partial charge in [0.2, 0.25) is 0 Å². The highest BCUT2D eigenvalue weighted by Gasteiger charge is 2.18. The highest BCUT2D eigenvalue weighted by Crippen LogP contribution is 2.20. The summed E-state index contributed by atoms with van der Waals surface area (Å²) in [5.41, 5.74) is 2.63. The molecular weight excluding hydrogens is 246 g/mol. The van der Waals surface area contributed by atoms with Crippen LogP contribution in [0.4, 0.5) is 0 Å². The Labute approximate surface area is 124 Å². The maximum atomic E-state index is 6.03. The van der Waals surface area contributed by atoms with Crippen molar-refractivity contribution in [3.8, 4) is 0 Å². The number of aryl methyl sites for hydroxylation is 1. The van der Waals surface area contributed by atoms with Crippen LogP contribution in [-0.4, -0.2) is 19.3 Å². The van der Waals surface area contributed by atoms with Crippen LogP contribution in [0.15, 0.2) is 24.3 Å². The molecule has 2 unspecified atom stereocenters. The summed E-state index contributed by atoms with van der Waals surface area (Å²) in [4.78, 5) is 0. The van der Waals surface area contributed by atoms with Gasteiger partial charge < -0.3 is 10.1 Å². The Morgan fingerprint density at radius 1 is 1.05 bits per heavy atom. The van der Waals surface area contributed by atoms with E-state index in [1.807, 2.05) is 0 Å². The van der Waals surface area contributed by atoms with Gasteiger partial charge in [0.05, 0.1) is 12.1 Å². The summed E-state index contributed by atoms with van der Waals surface area (Å²) in [6.07, 6.45) is 5.01. The van der Waals surface area contributed by atoms with Crippen molar-refractivity contribution in [2.75, 3.05) is 13.2 Å². The van der Waals surface area contributed by atoms with Crippen LogP contribution < -0.4 is 5.32 Å². The van der Waals surface area contributed by atoms with Crippen molar-refractivity contribution in [2.45, 2.75) is 65.5 Å². The van der Waals surface area contributed by atoms with Crippen molar-refractivity contribution in [2.24, 2.45) is 0 Å². The van der Waals surface area contributed by atoms with Crippen molar-refractivity contribution in [1.29, 1.82) is 0 Å². The predicted octanol–water partition coefficient (Wildman–Crippen LogP) is 4.63. The SMILES string of the molecule is CCCCCOC(C)C(NCCC)c1ccc(C)cc1. The molecule has 0 heterocycles. The Kier molecular flexibility index (Phi) is 8.56. The lowest BCUT2D eigenvalue weighted by atomic mass is 10.0. The molecule has 0 aliphatic rings. The minimum absolute atomic E-state index is 0.209. The third-order valence-electron chi connectivity index (χ3n) is 3.65. The molecule has 0 amide bonds. The third kappa shape index (κ3) is 6.06. The van der Waals surface area contributed by atoms with E-state index in [1.54, 1.807) is 0 Å². The standard InChI is InChI=1S/C18H31NO/c1-5-7-8-14-20-16(4)18(19-13-6-2)17-11-9-15(3)10-12-17/h9-12,16,18-19H,5-8,13-14H2,1-4H3. The molecule has 1 N–H and O–H groups in total. The monoisotopic (exact) mass is 277 g/mol. The summed E-state index contributed by atoms with van der Waals surface area (Å²) in [5, 5.41) is 3.62. The first-order valence-electron chi connectivity index (χ1n) is 8.10. The van der Waals surface area contributed by atoms with Crippen molar-refractivity contribution < 1.29 is 4.74 Å². The Morgan fingerprint density at radius 3 is 2.35 bits per heavy atom. The fourth-order valence-corrected chi connectivity index (χ4v) is 2.35. The van der Waals surface area contributed by atoms with Gasteiger partial charge in [-0.3, -0.25) is 0 Å². The van der Waals surface area contributed by atoms with Gasteiger partial charge in [-0.05, 0) is 38.8 Å². The molecule has 1 aromatic rings. The molecule has 0 spiro atoms. The second-order valence-electron chi connectivity index (χ2n) is 5.63. The second kappa shape index (κ2) is 9.95. The van der Waals surface area contributed by atoms with E-state index >= 15 is 0 Å². The minimum Gasteiger partial charge on any atom is -0.377 e. The Hall–Kier alpha value is -0.860. The quantitative estimate of drug-likeness (QED) is 0.629. The molecule has 2 atom stereocenters. The largest absolute Gasteiger partial charge is 0.377 e. The normalized spacial score (nSPS) is 14.2. The third-order valence-corrected chi connectivity index (χ3v) is 3.65. The number of rotatable bonds is 10. The second-order valence-corrected chi connectivity index (χ2v) is 5.63. The van der Waals surface area contributed by atoms with Gasteiger partial charge in [0.15, 0.2) is 0 Å². The van der Waals surface area contributed by atoms with Crippen LogP contribution in [-0.2, 0) is 4.74 Å². The van der Waals surface area contributed by atoms with Crippen molar-refractivity contribution in [3.05, 3.63) is 35.4 Å². The summed E-state index contributed by atoms with van der Waals surface area (Å²) < 4.78 is 6.03. The maximum absolute atomic E-state index is 6.03. The van der Waals surface area contributed by atoms with Gasteiger partial charge in [0, 0.05) is 6.61 Å². The highest BCUT2D eigenvalue weighted by atomic mass is 16.5. The molecule has 2 heteroatoms. The molecule has 0 bridgehead atoms. The first-order valence-corrected chi connectivity index (χ1v) is 8.10. The summed E-state index contributed by atoms with van der Waals surface area (Å²) in [5.74, 6) is 0. The zero-order valence-electron chi connectivity index (χ0n) is 13.6. The van der Waals surface area contributed by atoms with Crippen LogP contribution in [0.5, 0.6) is 0 Å². The van der Waals surface area contributed by atoms with Crippen LogP contribution in [0.3, 0.4) is 0 Å². The van der Waals surface area contributed by atoms with E-state index in [0.717, 1.165) is 26.0 Å². The van der Waals surface area contributed by atoms with Gasteiger partial charge in [0.1, 0.15) is 0 Å². The molecule has 0 saturated heterocycles. The topological polar surface area (TPSA) is 21.3 Å². The number of nitrogens with one attached hydrogen (secondary N) is 1. The van der Waals surface area contributed by atoms with Gasteiger partial charge in [-0.2, -0.15) is 0 Å². The smallest absolute Gasteiger partial charge is 0.0741 e. The summed E-state index contributed by atoms with van der Waals surface area (Å²) >= 11 is 0. The molecule has 114 valence electrons. The van der Waals surface area contributed by atoms with Gasteiger partial charge in [-0.15, -0.1) is 0 Å². The van der Waals surface area contributed by atoms with E-state index in [1.165, 1.54) is 24.0 Å². The van der Waals surface area contributed by atoms with Crippen LogP contribution in [0.2, 0.25) is 0 Å². The van der Waals surface area contributed by atoms with E-state index in [0.29, 0.717) is 0 Å². The Morgan fingerprint density at radius 2 is 1.75 bits per heavy atom. The summed E-state index contributed by atoms with van der Waals surface area (Å²) in [6, 6.07) is 9.08. The van der Waals surface area contributed by atoms with Gasteiger partial charge in [-0.1, -0.05) is 56.5 Å². The lowest BCUT2D eigenvalue weighted by Crippen LogP contribution is -2.32. The van der Waals surface area contributed by atoms with Crippen LogP contribution in [0.25, 0.3) is 0 Å². The van der Waals surface area contributed by atoms with Gasteiger partial charge in [0.25, 0.3) is 0 Å². The van der Waals surface area contributed by atoms with E-state index in [-0.39, 0.29) is 12.1 Å². The minimum atomic E-state index is 0.209. The summed E-state index contributed by atoms with van der Waals surface area (Å²) in [6.45, 7) is 10.6. The fourth-order valence-electron chi connectivity index (χ4n) is 2.35. The lowest BCUT2D eigenvalue weighted by Gasteiger charge is -2.26. The van der Waals surface area contributed by atoms with Crippen molar-refractivity contribution >= 4 is 0 Å². The number of ether oxygens (including phenoxy) is 1. The van der Waals surface area contributed by atoms with Crippen LogP contribution in [0.1, 0.15) is 63.6 Å². The molecule has 0 aliphatic carbocycles. The number of benzene rings is 1. The van der Waals surface area contributed by atoms with E-state index < -0.39 is 0 Å². The number of hydrogen-bond acceptors (Lipinski definition) is 2. The lowest BCUT2D eigenvalue weighted by molar-refractivity contribution is 0.0362. The molecule has 1 rings (SSSR count). The van der Waals surface area contributed by atoms with E-state index in [2.05, 4.69) is 57.3 Å². The zero-order valence-corrected chi connectivity index (χ0v) is 13.6. The Balaban J connectivity index is 2.60.